The molecule has 1 saturated carbocycles. The summed E-state index contributed by atoms with van der Waals surface area (Å²) in [5.74, 6) is -0.791. The van der Waals surface area contributed by atoms with E-state index in [9.17, 15) is 19.8 Å². The summed E-state index contributed by atoms with van der Waals surface area (Å²) < 4.78 is 0. The fourth-order valence-corrected chi connectivity index (χ4v) is 3.20. The second kappa shape index (κ2) is 11.3. The smallest absolute Gasteiger partial charge is 0.139 e. The maximum absolute atomic E-state index is 12.1. The van der Waals surface area contributed by atoms with E-state index in [-0.39, 0.29) is 30.3 Å². The van der Waals surface area contributed by atoms with E-state index in [4.69, 9.17) is 0 Å². The molecule has 24 heavy (non-hydrogen) atoms. The molecular formula is C20H32O4. The molecule has 0 spiro atoms. The lowest BCUT2D eigenvalue weighted by Gasteiger charge is -2.17. The van der Waals surface area contributed by atoms with Crippen LogP contribution in [0.2, 0.25) is 0 Å². The first kappa shape index (κ1) is 20.8. The highest BCUT2D eigenvalue weighted by Crippen LogP contribution is 2.33. The molecule has 0 radical (unpaired) electrons. The van der Waals surface area contributed by atoms with E-state index >= 15 is 0 Å². The minimum atomic E-state index is -0.745. The highest BCUT2D eigenvalue weighted by molar-refractivity contribution is 5.90. The van der Waals surface area contributed by atoms with Crippen LogP contribution in [0.4, 0.5) is 0 Å². The van der Waals surface area contributed by atoms with Crippen molar-refractivity contribution in [1.82, 2.24) is 0 Å². The molecule has 4 nitrogen and oxygen atoms in total. The summed E-state index contributed by atoms with van der Waals surface area (Å²) in [7, 11) is 0. The number of carbonyl (C=O) groups is 2. The van der Waals surface area contributed by atoms with Crippen LogP contribution in [0.15, 0.2) is 24.3 Å². The lowest BCUT2D eigenvalue weighted by atomic mass is 9.88. The molecule has 1 rings (SSSR count). The monoisotopic (exact) mass is 336 g/mol. The molecule has 136 valence electrons. The summed E-state index contributed by atoms with van der Waals surface area (Å²) in [6.07, 6.45) is 11.2. The molecule has 0 aromatic rings. The summed E-state index contributed by atoms with van der Waals surface area (Å²) in [5.41, 5.74) is 0. The third kappa shape index (κ3) is 7.10. The van der Waals surface area contributed by atoms with Crippen molar-refractivity contribution in [2.45, 2.75) is 77.4 Å². The van der Waals surface area contributed by atoms with Crippen molar-refractivity contribution >= 4 is 11.6 Å². The van der Waals surface area contributed by atoms with Crippen molar-refractivity contribution in [3.05, 3.63) is 24.3 Å². The first-order valence-electron chi connectivity index (χ1n) is 9.19. The molecule has 2 N–H and O–H groups in total. The molecule has 0 amide bonds. The van der Waals surface area contributed by atoms with E-state index in [1.165, 1.54) is 0 Å². The Hall–Kier alpha value is -1.26. The number of unbranched alkanes of at least 4 members (excludes halogenated alkanes) is 2. The van der Waals surface area contributed by atoms with Gasteiger partial charge < -0.3 is 10.2 Å². The van der Waals surface area contributed by atoms with Crippen LogP contribution in [0.1, 0.15) is 65.2 Å². The molecular weight excluding hydrogens is 304 g/mol. The largest absolute Gasteiger partial charge is 0.392 e. The molecule has 1 fully saturated rings. The maximum Gasteiger partial charge on any atom is 0.139 e. The Morgan fingerprint density at radius 2 is 2.12 bits per heavy atom. The predicted molar refractivity (Wildman–Crippen MR) is 95.6 cm³/mol. The van der Waals surface area contributed by atoms with Crippen LogP contribution in [0.5, 0.6) is 0 Å². The SMILES string of the molecule is C/C=C/CCC(=O)C[C@H]1C(=O)CC(O)[C@@H]1C=CC(O)CCCCC. The molecule has 0 saturated heterocycles. The van der Waals surface area contributed by atoms with Crippen LogP contribution in [-0.2, 0) is 9.59 Å². The molecule has 2 unspecified atom stereocenters. The molecule has 4 atom stereocenters. The highest BCUT2D eigenvalue weighted by Gasteiger charge is 2.40. The van der Waals surface area contributed by atoms with Gasteiger partial charge in [0, 0.05) is 31.1 Å². The van der Waals surface area contributed by atoms with Crippen LogP contribution in [0.25, 0.3) is 0 Å². The van der Waals surface area contributed by atoms with Gasteiger partial charge in [-0.1, -0.05) is 50.5 Å². The summed E-state index contributed by atoms with van der Waals surface area (Å²) in [4.78, 5) is 24.1. The van der Waals surface area contributed by atoms with Crippen LogP contribution >= 0.6 is 0 Å². The molecule has 0 aliphatic heterocycles. The Bertz CT molecular complexity index is 453. The van der Waals surface area contributed by atoms with Crippen LogP contribution in [0.3, 0.4) is 0 Å². The van der Waals surface area contributed by atoms with Gasteiger partial charge in [0.1, 0.15) is 11.6 Å². The minimum Gasteiger partial charge on any atom is -0.392 e. The van der Waals surface area contributed by atoms with E-state index < -0.39 is 18.1 Å². The molecule has 1 aliphatic carbocycles. The van der Waals surface area contributed by atoms with Gasteiger partial charge in [0.2, 0.25) is 0 Å². The van der Waals surface area contributed by atoms with Crippen LogP contribution < -0.4 is 0 Å². The van der Waals surface area contributed by atoms with Gasteiger partial charge in [0.05, 0.1) is 12.2 Å². The second-order valence-electron chi connectivity index (χ2n) is 6.72. The summed E-state index contributed by atoms with van der Waals surface area (Å²) in [6.45, 7) is 4.02. The van der Waals surface area contributed by atoms with Gasteiger partial charge in [-0.05, 0) is 19.8 Å². The normalized spacial score (nSPS) is 25.8. The first-order chi connectivity index (χ1) is 11.5. The molecule has 1 aliphatic rings. The average molecular weight is 336 g/mol. The number of carbonyl (C=O) groups excluding carboxylic acids is 2. The zero-order valence-electron chi connectivity index (χ0n) is 15.0. The fourth-order valence-electron chi connectivity index (χ4n) is 3.20. The third-order valence-electron chi connectivity index (χ3n) is 4.66. The highest BCUT2D eigenvalue weighted by atomic mass is 16.3. The van der Waals surface area contributed by atoms with Crippen molar-refractivity contribution in [3.8, 4) is 0 Å². The lowest BCUT2D eigenvalue weighted by Crippen LogP contribution is -2.22. The van der Waals surface area contributed by atoms with Gasteiger partial charge in [-0.2, -0.15) is 0 Å². The molecule has 0 aromatic heterocycles. The third-order valence-corrected chi connectivity index (χ3v) is 4.66. The Balaban J connectivity index is 2.58. The van der Waals surface area contributed by atoms with Crippen molar-refractivity contribution < 1.29 is 19.8 Å². The van der Waals surface area contributed by atoms with E-state index in [0.717, 1.165) is 19.3 Å². The average Bonchev–Trinajstić information content (AvgIpc) is 2.79. The molecule has 0 aromatic carbocycles. The second-order valence-corrected chi connectivity index (χ2v) is 6.72. The van der Waals surface area contributed by atoms with Crippen LogP contribution in [0, 0.1) is 11.8 Å². The van der Waals surface area contributed by atoms with Crippen molar-refractivity contribution in [2.24, 2.45) is 11.8 Å². The molecule has 4 heteroatoms. The number of hydrogen-bond donors (Lipinski definition) is 2. The van der Waals surface area contributed by atoms with Crippen molar-refractivity contribution in [3.63, 3.8) is 0 Å². The number of aliphatic hydroxyl groups excluding tert-OH is 2. The van der Waals surface area contributed by atoms with E-state index in [0.29, 0.717) is 19.3 Å². The minimum absolute atomic E-state index is 0.0444. The summed E-state index contributed by atoms with van der Waals surface area (Å²) in [5, 5.41) is 20.1. The van der Waals surface area contributed by atoms with Gasteiger partial charge in [-0.3, -0.25) is 9.59 Å². The quantitative estimate of drug-likeness (QED) is 0.448. The van der Waals surface area contributed by atoms with E-state index in [1.807, 2.05) is 19.1 Å². The zero-order valence-corrected chi connectivity index (χ0v) is 15.0. The standard InChI is InChI=1S/C20H32O4/c1-3-5-7-9-15(21)11-12-17-18(20(24)14-19(17)23)13-16(22)10-8-6-4-2/h4,6,11-12,15,17-19,21,23H,3,5,7-10,13-14H2,1-2H3/b6-4+,12-11?/t15?,17-,18-,19?/m1/s1. The van der Waals surface area contributed by atoms with E-state index in [2.05, 4.69) is 6.92 Å². The van der Waals surface area contributed by atoms with Gasteiger partial charge in [0.25, 0.3) is 0 Å². The summed E-state index contributed by atoms with van der Waals surface area (Å²) >= 11 is 0. The van der Waals surface area contributed by atoms with Gasteiger partial charge >= 0.3 is 0 Å². The topological polar surface area (TPSA) is 74.6 Å². The number of hydrogen-bond acceptors (Lipinski definition) is 4. The van der Waals surface area contributed by atoms with Crippen molar-refractivity contribution in [2.75, 3.05) is 0 Å². The van der Waals surface area contributed by atoms with Crippen LogP contribution in [-0.4, -0.2) is 34.0 Å². The first-order valence-corrected chi connectivity index (χ1v) is 9.19. The number of allylic oxidation sites excluding steroid dienone is 2. The van der Waals surface area contributed by atoms with Crippen molar-refractivity contribution in [1.29, 1.82) is 0 Å². The number of rotatable bonds is 11. The number of aliphatic hydroxyl groups is 2. The van der Waals surface area contributed by atoms with Gasteiger partial charge in [-0.25, -0.2) is 0 Å². The molecule has 0 heterocycles. The van der Waals surface area contributed by atoms with Gasteiger partial charge in [-0.15, -0.1) is 0 Å². The number of ketones is 2. The fraction of sp³-hybridized carbons (Fsp3) is 0.700. The Kier molecular flexibility index (Phi) is 9.80. The Morgan fingerprint density at radius 3 is 2.79 bits per heavy atom. The Morgan fingerprint density at radius 1 is 1.38 bits per heavy atom. The number of Topliss-reactive ketones (excluding diaryl/α,β-unsaturated/α-hetero) is 2. The van der Waals surface area contributed by atoms with Gasteiger partial charge in [0.15, 0.2) is 0 Å². The Labute approximate surface area is 145 Å². The predicted octanol–water partition coefficient (Wildman–Crippen LogP) is 3.37. The maximum atomic E-state index is 12.1. The summed E-state index contributed by atoms with van der Waals surface area (Å²) in [6, 6.07) is 0. The zero-order chi connectivity index (χ0) is 17.9. The lowest BCUT2D eigenvalue weighted by molar-refractivity contribution is -0.126. The molecule has 0 bridgehead atoms. The van der Waals surface area contributed by atoms with E-state index in [1.54, 1.807) is 12.2 Å².